The number of allylic oxidation sites excluding steroid dienone is 4. The van der Waals surface area contributed by atoms with Crippen molar-refractivity contribution in [3.05, 3.63) is 75.6 Å². The molecule has 1 aromatic carbocycles. The fraction of sp³-hybridized carbons (Fsp3) is 0.667. The van der Waals surface area contributed by atoms with Crippen LogP contribution in [0.5, 0.6) is 0 Å². The van der Waals surface area contributed by atoms with Crippen LogP contribution in [0, 0.1) is 46.3 Å². The first kappa shape index (κ1) is 27.3. The van der Waals surface area contributed by atoms with Crippen molar-refractivity contribution in [2.45, 2.75) is 104 Å². The summed E-state index contributed by atoms with van der Waals surface area (Å²) in [5.74, 6) is 2.98. The molecule has 4 aliphatic carbocycles. The second-order valence-corrected chi connectivity index (χ2v) is 15.3. The van der Waals surface area contributed by atoms with Crippen molar-refractivity contribution in [3.8, 4) is 5.69 Å². The van der Waals surface area contributed by atoms with Crippen molar-refractivity contribution in [2.75, 3.05) is 0 Å². The predicted molar refractivity (Wildman–Crippen MR) is 165 cm³/mol. The highest BCUT2D eigenvalue weighted by Gasteiger charge is 2.74. The molecule has 2 bridgehead atoms. The van der Waals surface area contributed by atoms with Gasteiger partial charge in [0, 0.05) is 5.41 Å². The molecule has 2 aromatic rings. The first-order valence-electron chi connectivity index (χ1n) is 16.4. The van der Waals surface area contributed by atoms with E-state index in [2.05, 4.69) is 65.8 Å². The van der Waals surface area contributed by atoms with Gasteiger partial charge in [0.1, 0.15) is 0 Å². The van der Waals surface area contributed by atoms with E-state index in [0.717, 1.165) is 32.1 Å². The predicted octanol–water partition coefficient (Wildman–Crippen LogP) is 7.28. The highest BCUT2D eigenvalue weighted by atomic mass is 16.2. The van der Waals surface area contributed by atoms with Gasteiger partial charge in [-0.2, -0.15) is 0 Å². The smallest absolute Gasteiger partial charge is 0.245 e. The maximum Gasteiger partial charge on any atom is 0.352 e. The molecular weight excluding hydrogens is 506 g/mol. The van der Waals surface area contributed by atoms with Crippen molar-refractivity contribution >= 4 is 0 Å². The van der Waals surface area contributed by atoms with Crippen LogP contribution in [0.4, 0.5) is 0 Å². The van der Waals surface area contributed by atoms with E-state index in [-0.39, 0.29) is 22.2 Å². The van der Waals surface area contributed by atoms with Gasteiger partial charge in [0.05, 0.1) is 16.8 Å². The van der Waals surface area contributed by atoms with Crippen LogP contribution in [0.3, 0.4) is 0 Å². The van der Waals surface area contributed by atoms with E-state index < -0.39 is 11.1 Å². The van der Waals surface area contributed by atoms with Gasteiger partial charge in [0.25, 0.3) is 0 Å². The number of hydrogen-bond acceptors (Lipinski definition) is 2. The van der Waals surface area contributed by atoms with Gasteiger partial charge in [-0.15, -0.1) is 0 Å². The van der Waals surface area contributed by atoms with Crippen LogP contribution in [-0.2, 0) is 11.1 Å². The number of aromatic nitrogens is 3. The Morgan fingerprint density at radius 3 is 2.24 bits per heavy atom. The number of para-hydroxylation sites is 1. The Morgan fingerprint density at radius 1 is 0.805 bits per heavy atom. The second-order valence-electron chi connectivity index (χ2n) is 15.3. The Balaban J connectivity index is 1.42. The lowest BCUT2D eigenvalue weighted by Crippen LogP contribution is -2.75. The van der Waals surface area contributed by atoms with Gasteiger partial charge in [-0.1, -0.05) is 96.9 Å². The number of rotatable bonds is 5. The molecular formula is C36H49N3O2. The number of nitrogens with zero attached hydrogens (tertiary/aromatic N) is 3. The Kier molecular flexibility index (Phi) is 5.97. The minimum absolute atomic E-state index is 0.0310. The third-order valence-corrected chi connectivity index (χ3v) is 13.5. The summed E-state index contributed by atoms with van der Waals surface area (Å²) in [6.07, 6.45) is 18.8. The maximum atomic E-state index is 14.7. The molecule has 1 aromatic heterocycles. The Morgan fingerprint density at radius 2 is 1.51 bits per heavy atom. The first-order chi connectivity index (χ1) is 19.5. The van der Waals surface area contributed by atoms with Gasteiger partial charge in [0.2, 0.25) is 0 Å². The monoisotopic (exact) mass is 555 g/mol. The Labute approximate surface area is 245 Å². The van der Waals surface area contributed by atoms with Crippen LogP contribution in [-0.4, -0.2) is 13.9 Å². The summed E-state index contributed by atoms with van der Waals surface area (Å²) >= 11 is 0. The maximum absolute atomic E-state index is 14.7. The quantitative estimate of drug-likeness (QED) is 0.364. The molecule has 5 heteroatoms. The van der Waals surface area contributed by atoms with Crippen LogP contribution in [0.15, 0.2) is 64.2 Å². The van der Waals surface area contributed by atoms with E-state index in [1.807, 2.05) is 39.7 Å². The summed E-state index contributed by atoms with van der Waals surface area (Å²) in [7, 11) is 0. The molecule has 220 valence electrons. The number of benzene rings is 1. The molecule has 2 aliphatic heterocycles. The van der Waals surface area contributed by atoms with E-state index in [1.54, 1.807) is 0 Å². The normalized spacial score (nSPS) is 40.3. The highest BCUT2D eigenvalue weighted by molar-refractivity contribution is 5.37. The molecule has 0 unspecified atom stereocenters. The topological polar surface area (TPSA) is 48.9 Å². The minimum atomic E-state index is -0.458. The molecule has 8 rings (SSSR count). The third-order valence-electron chi connectivity index (χ3n) is 13.5. The molecule has 2 spiro atoms. The number of hydrogen-bond donors (Lipinski definition) is 0. The zero-order chi connectivity index (χ0) is 28.9. The molecule has 0 radical (unpaired) electrons. The van der Waals surface area contributed by atoms with Crippen LogP contribution >= 0.6 is 0 Å². The first-order valence-corrected chi connectivity index (χ1v) is 16.4. The summed E-state index contributed by atoms with van der Waals surface area (Å²) in [6, 6.07) is 9.60. The van der Waals surface area contributed by atoms with Gasteiger partial charge in [-0.3, -0.25) is 0 Å². The largest absolute Gasteiger partial charge is 0.352 e. The van der Waals surface area contributed by atoms with Gasteiger partial charge >= 0.3 is 11.4 Å². The van der Waals surface area contributed by atoms with Crippen molar-refractivity contribution in [3.63, 3.8) is 0 Å². The van der Waals surface area contributed by atoms with E-state index in [4.69, 9.17) is 0 Å². The van der Waals surface area contributed by atoms with Crippen molar-refractivity contribution < 1.29 is 0 Å². The lowest BCUT2D eigenvalue weighted by atomic mass is 9.40. The van der Waals surface area contributed by atoms with Crippen molar-refractivity contribution in [1.82, 2.24) is 13.9 Å². The zero-order valence-electron chi connectivity index (χ0n) is 26.0. The molecule has 41 heavy (non-hydrogen) atoms. The SMILES string of the molecule is CC(C)[C@@H](C)C=C[C@@H](C)[C@H]1CC[C@@H]2[C@]1(C)CC[C@H]1[C@@]23C=C[C@@]2(CCCC[C@]12C)n1c(=O)n(-c2ccccc2)c(=O)n13. The molecule has 3 fully saturated rings. The molecule has 3 saturated carbocycles. The average molecular weight is 556 g/mol. The van der Waals surface area contributed by atoms with Crippen molar-refractivity contribution in [2.24, 2.45) is 46.3 Å². The summed E-state index contributed by atoms with van der Waals surface area (Å²) < 4.78 is 5.50. The standard InChI is InChI=1S/C36H49N3O2/c1-24(2)25(3)14-15-26(4)28-16-17-29-33(28,5)21-18-30-34(6)19-10-11-20-35(34)22-23-36(29,30)39-32(41)37(31(40)38(35)39)27-12-8-7-9-13-27/h7-9,12-15,22-26,28-30H,10-11,16-21H2,1-6H3/t25-,26+,28+,29+,30+,33+,34+,35+,36+/m0/s1. The summed E-state index contributed by atoms with van der Waals surface area (Å²) in [5.41, 5.74) is -0.422. The number of fused-ring (bicyclic) bond motifs is 1. The Bertz CT molecular complexity index is 1530. The van der Waals surface area contributed by atoms with Crippen LogP contribution in [0.25, 0.3) is 5.69 Å². The van der Waals surface area contributed by atoms with Gasteiger partial charge in [0.15, 0.2) is 0 Å². The highest BCUT2D eigenvalue weighted by Crippen LogP contribution is 2.73. The molecule has 9 atom stereocenters. The fourth-order valence-electron chi connectivity index (χ4n) is 11.1. The lowest BCUT2D eigenvalue weighted by Gasteiger charge is -2.71. The molecule has 0 N–H and O–H groups in total. The third kappa shape index (κ3) is 3.24. The minimum Gasteiger partial charge on any atom is -0.245 e. The molecule has 6 aliphatic rings. The van der Waals surface area contributed by atoms with Gasteiger partial charge < -0.3 is 0 Å². The van der Waals surface area contributed by atoms with E-state index in [0.29, 0.717) is 41.2 Å². The zero-order valence-corrected chi connectivity index (χ0v) is 26.0. The van der Waals surface area contributed by atoms with Gasteiger partial charge in [-0.25, -0.2) is 23.5 Å². The molecule has 0 amide bonds. The van der Waals surface area contributed by atoms with Crippen LogP contribution < -0.4 is 11.4 Å². The van der Waals surface area contributed by atoms with Crippen molar-refractivity contribution in [1.29, 1.82) is 0 Å². The summed E-state index contributed by atoms with van der Waals surface area (Å²) in [5, 5.41) is 0. The fourth-order valence-corrected chi connectivity index (χ4v) is 11.1. The van der Waals surface area contributed by atoms with E-state index in [1.165, 1.54) is 23.8 Å². The molecule has 0 saturated heterocycles. The average Bonchev–Trinajstić information content (AvgIpc) is 3.46. The summed E-state index contributed by atoms with van der Waals surface area (Å²) in [4.78, 5) is 29.2. The molecule has 5 nitrogen and oxygen atoms in total. The Hall–Kier alpha value is -2.56. The van der Waals surface area contributed by atoms with Crippen LogP contribution in [0.1, 0.15) is 92.9 Å². The lowest BCUT2D eigenvalue weighted by molar-refractivity contribution is -0.188. The second kappa shape index (κ2) is 8.97. The summed E-state index contributed by atoms with van der Waals surface area (Å²) in [6.45, 7) is 14.4. The molecule has 3 heterocycles. The van der Waals surface area contributed by atoms with Gasteiger partial charge in [-0.05, 0) is 91.6 Å². The van der Waals surface area contributed by atoms with Crippen LogP contribution in [0.2, 0.25) is 0 Å². The van der Waals surface area contributed by atoms with E-state index in [9.17, 15) is 9.59 Å². The van der Waals surface area contributed by atoms with E-state index >= 15 is 0 Å².